The van der Waals surface area contributed by atoms with Crippen molar-refractivity contribution in [3.8, 4) is 0 Å². The van der Waals surface area contributed by atoms with Gasteiger partial charge in [0, 0.05) is 19.0 Å². The van der Waals surface area contributed by atoms with Crippen molar-refractivity contribution in [1.29, 1.82) is 0 Å². The molecule has 0 saturated heterocycles. The van der Waals surface area contributed by atoms with Crippen LogP contribution in [-0.2, 0) is 0 Å². The van der Waals surface area contributed by atoms with E-state index in [9.17, 15) is 4.79 Å². The van der Waals surface area contributed by atoms with Gasteiger partial charge in [-0.05, 0) is 25.7 Å². The number of hydrogen-bond donors (Lipinski definition) is 2. The highest BCUT2D eigenvalue weighted by Gasteiger charge is 2.24. The van der Waals surface area contributed by atoms with Crippen LogP contribution in [0.3, 0.4) is 0 Å². The molecule has 1 atom stereocenters. The van der Waals surface area contributed by atoms with Crippen molar-refractivity contribution in [3.05, 3.63) is 17.7 Å². The minimum atomic E-state index is -0.108. The first-order valence-electron chi connectivity index (χ1n) is 7.88. The highest BCUT2D eigenvalue weighted by molar-refractivity contribution is 5.97. The van der Waals surface area contributed by atoms with Crippen molar-refractivity contribution in [2.24, 2.45) is 5.92 Å². The first kappa shape index (κ1) is 15.7. The zero-order chi connectivity index (χ0) is 15.4. The van der Waals surface area contributed by atoms with Crippen molar-refractivity contribution in [1.82, 2.24) is 15.3 Å². The molecule has 1 aliphatic carbocycles. The van der Waals surface area contributed by atoms with Gasteiger partial charge in [0.2, 0.25) is 0 Å². The fourth-order valence-electron chi connectivity index (χ4n) is 2.88. The molecule has 1 aromatic heterocycles. The normalized spacial score (nSPS) is 17.0. The van der Waals surface area contributed by atoms with Gasteiger partial charge in [0.1, 0.15) is 5.82 Å². The van der Waals surface area contributed by atoms with E-state index in [1.54, 1.807) is 13.2 Å². The van der Waals surface area contributed by atoms with E-state index in [1.165, 1.54) is 25.7 Å². The molecule has 5 nitrogen and oxygen atoms in total. The average Bonchev–Trinajstić information content (AvgIpc) is 3.00. The third kappa shape index (κ3) is 3.71. The van der Waals surface area contributed by atoms with Gasteiger partial charge in [-0.2, -0.15) is 0 Å². The lowest BCUT2D eigenvalue weighted by atomic mass is 10.00. The van der Waals surface area contributed by atoms with E-state index < -0.39 is 0 Å². The van der Waals surface area contributed by atoms with Crippen molar-refractivity contribution in [2.45, 2.75) is 58.4 Å². The van der Waals surface area contributed by atoms with E-state index in [1.807, 2.05) is 13.8 Å². The van der Waals surface area contributed by atoms with E-state index in [-0.39, 0.29) is 17.9 Å². The molecule has 1 aliphatic rings. The van der Waals surface area contributed by atoms with Crippen LogP contribution in [0.5, 0.6) is 0 Å². The van der Waals surface area contributed by atoms with E-state index in [2.05, 4.69) is 27.5 Å². The Morgan fingerprint density at radius 2 is 1.95 bits per heavy atom. The molecule has 1 unspecified atom stereocenters. The molecule has 1 amide bonds. The van der Waals surface area contributed by atoms with E-state index >= 15 is 0 Å². The van der Waals surface area contributed by atoms with E-state index in [0.29, 0.717) is 23.1 Å². The number of hydrogen-bond acceptors (Lipinski definition) is 4. The second kappa shape index (κ2) is 6.87. The van der Waals surface area contributed by atoms with Crippen LogP contribution in [0.25, 0.3) is 0 Å². The molecule has 0 aliphatic heterocycles. The van der Waals surface area contributed by atoms with Crippen molar-refractivity contribution < 1.29 is 4.79 Å². The predicted octanol–water partition coefficient (Wildman–Crippen LogP) is 2.95. The van der Waals surface area contributed by atoms with Gasteiger partial charge in [-0.3, -0.25) is 4.79 Å². The van der Waals surface area contributed by atoms with Crippen molar-refractivity contribution in [3.63, 3.8) is 0 Å². The largest absolute Gasteiger partial charge is 0.385 e. The number of nitrogens with zero attached hydrogens (tertiary/aromatic N) is 2. The Morgan fingerprint density at radius 3 is 2.52 bits per heavy atom. The monoisotopic (exact) mass is 290 g/mol. The lowest BCUT2D eigenvalue weighted by Gasteiger charge is -2.21. The standard InChI is InChI=1S/C16H26N4O/c1-10(2)15-18-9-13(17-4)14(20-15)16(21)19-11(3)12-7-5-6-8-12/h9-12,17H,5-8H2,1-4H3,(H,19,21). The molecule has 0 spiro atoms. The smallest absolute Gasteiger partial charge is 0.272 e. The predicted molar refractivity (Wildman–Crippen MR) is 84.6 cm³/mol. The van der Waals surface area contributed by atoms with Crippen LogP contribution < -0.4 is 10.6 Å². The van der Waals surface area contributed by atoms with Crippen LogP contribution in [0.2, 0.25) is 0 Å². The Bertz CT molecular complexity index is 495. The summed E-state index contributed by atoms with van der Waals surface area (Å²) in [5, 5.41) is 6.11. The molecule has 0 bridgehead atoms. The molecule has 1 heterocycles. The first-order valence-corrected chi connectivity index (χ1v) is 7.88. The van der Waals surface area contributed by atoms with Gasteiger partial charge in [-0.15, -0.1) is 0 Å². The van der Waals surface area contributed by atoms with Crippen LogP contribution in [-0.4, -0.2) is 29.0 Å². The number of carbonyl (C=O) groups is 1. The number of aromatic nitrogens is 2. The SMILES string of the molecule is CNc1cnc(C(C)C)nc1C(=O)NC(C)C1CCCC1. The molecular weight excluding hydrogens is 264 g/mol. The average molecular weight is 290 g/mol. The molecule has 1 aromatic rings. The zero-order valence-corrected chi connectivity index (χ0v) is 13.4. The minimum absolute atomic E-state index is 0.108. The quantitative estimate of drug-likeness (QED) is 0.875. The number of nitrogens with one attached hydrogen (secondary N) is 2. The molecular formula is C16H26N4O. The molecule has 1 saturated carbocycles. The highest BCUT2D eigenvalue weighted by atomic mass is 16.2. The zero-order valence-electron chi connectivity index (χ0n) is 13.4. The number of amides is 1. The van der Waals surface area contributed by atoms with Gasteiger partial charge >= 0.3 is 0 Å². The van der Waals surface area contributed by atoms with Gasteiger partial charge in [-0.25, -0.2) is 9.97 Å². The van der Waals surface area contributed by atoms with Crippen LogP contribution in [0.4, 0.5) is 5.69 Å². The molecule has 5 heteroatoms. The molecule has 0 aromatic carbocycles. The Kier molecular flexibility index (Phi) is 5.15. The minimum Gasteiger partial charge on any atom is -0.385 e. The summed E-state index contributed by atoms with van der Waals surface area (Å²) in [6.07, 6.45) is 6.66. The van der Waals surface area contributed by atoms with Gasteiger partial charge in [0.05, 0.1) is 11.9 Å². The Labute approximate surface area is 127 Å². The first-order chi connectivity index (χ1) is 10.0. The maximum absolute atomic E-state index is 12.5. The summed E-state index contributed by atoms with van der Waals surface area (Å²) in [4.78, 5) is 21.3. The fourth-order valence-corrected chi connectivity index (χ4v) is 2.88. The Morgan fingerprint density at radius 1 is 1.29 bits per heavy atom. The summed E-state index contributed by atoms with van der Waals surface area (Å²) < 4.78 is 0. The lowest BCUT2D eigenvalue weighted by molar-refractivity contribution is 0.0922. The Balaban J connectivity index is 2.14. The summed E-state index contributed by atoms with van der Waals surface area (Å²) >= 11 is 0. The number of carbonyl (C=O) groups excluding carboxylic acids is 1. The molecule has 116 valence electrons. The van der Waals surface area contributed by atoms with E-state index in [0.717, 1.165) is 0 Å². The summed E-state index contributed by atoms with van der Waals surface area (Å²) in [6.45, 7) is 6.14. The summed E-state index contributed by atoms with van der Waals surface area (Å²) in [6, 6.07) is 0.196. The maximum Gasteiger partial charge on any atom is 0.272 e. The summed E-state index contributed by atoms with van der Waals surface area (Å²) in [5.41, 5.74) is 1.12. The second-order valence-electron chi connectivity index (χ2n) is 6.20. The lowest BCUT2D eigenvalue weighted by Crippen LogP contribution is -2.38. The van der Waals surface area contributed by atoms with Gasteiger partial charge in [0.15, 0.2) is 5.69 Å². The van der Waals surface area contributed by atoms with Gasteiger partial charge in [-0.1, -0.05) is 26.7 Å². The number of anilines is 1. The third-order valence-corrected chi connectivity index (χ3v) is 4.27. The fraction of sp³-hybridized carbons (Fsp3) is 0.688. The molecule has 21 heavy (non-hydrogen) atoms. The third-order valence-electron chi connectivity index (χ3n) is 4.27. The molecule has 2 rings (SSSR count). The van der Waals surface area contributed by atoms with E-state index in [4.69, 9.17) is 0 Å². The van der Waals surface area contributed by atoms with Gasteiger partial charge < -0.3 is 10.6 Å². The molecule has 0 radical (unpaired) electrons. The number of rotatable bonds is 5. The van der Waals surface area contributed by atoms with Crippen LogP contribution in [0.15, 0.2) is 6.20 Å². The highest BCUT2D eigenvalue weighted by Crippen LogP contribution is 2.27. The Hall–Kier alpha value is -1.65. The van der Waals surface area contributed by atoms with Gasteiger partial charge in [0.25, 0.3) is 5.91 Å². The maximum atomic E-state index is 12.5. The van der Waals surface area contributed by atoms with Crippen LogP contribution in [0, 0.1) is 5.92 Å². The van der Waals surface area contributed by atoms with Crippen molar-refractivity contribution >= 4 is 11.6 Å². The molecule has 1 fully saturated rings. The van der Waals surface area contributed by atoms with Crippen molar-refractivity contribution in [2.75, 3.05) is 12.4 Å². The topological polar surface area (TPSA) is 66.9 Å². The van der Waals surface area contributed by atoms with Crippen LogP contribution in [0.1, 0.15) is 68.7 Å². The van der Waals surface area contributed by atoms with Crippen LogP contribution >= 0.6 is 0 Å². The summed E-state index contributed by atoms with van der Waals surface area (Å²) in [5.74, 6) is 1.39. The molecule has 2 N–H and O–H groups in total. The summed E-state index contributed by atoms with van der Waals surface area (Å²) in [7, 11) is 1.78. The second-order valence-corrected chi connectivity index (χ2v) is 6.20.